The number of fused-ring (bicyclic) bond motifs is 1. The molecular weight excluding hydrogens is 405 g/mol. The fourth-order valence-corrected chi connectivity index (χ4v) is 4.13. The molecule has 32 heavy (non-hydrogen) atoms. The van der Waals surface area contributed by atoms with Gasteiger partial charge in [-0.15, -0.1) is 0 Å². The molecule has 0 spiro atoms. The van der Waals surface area contributed by atoms with E-state index in [1.54, 1.807) is 12.5 Å². The van der Waals surface area contributed by atoms with Gasteiger partial charge in [-0.25, -0.2) is 14.4 Å². The zero-order chi connectivity index (χ0) is 21.9. The lowest BCUT2D eigenvalue weighted by molar-refractivity contribution is 0.198. The molecule has 0 unspecified atom stereocenters. The molecule has 0 aliphatic carbocycles. The summed E-state index contributed by atoms with van der Waals surface area (Å²) in [6, 6.07) is 18.6. The molecule has 1 saturated heterocycles. The van der Waals surface area contributed by atoms with Gasteiger partial charge in [0, 0.05) is 49.9 Å². The van der Waals surface area contributed by atoms with E-state index in [2.05, 4.69) is 31.7 Å². The SMILES string of the molecule is C[C@H](c1ccc(F)cc1)N1CCN(c2cc(Oc3cccc4ncccc34)ncn2)CC1. The minimum atomic E-state index is -0.202. The van der Waals surface area contributed by atoms with E-state index in [1.165, 1.54) is 12.1 Å². The third-order valence-electron chi connectivity index (χ3n) is 5.99. The van der Waals surface area contributed by atoms with Crippen molar-refractivity contribution in [1.82, 2.24) is 19.9 Å². The van der Waals surface area contributed by atoms with Gasteiger partial charge in [-0.05, 0) is 48.9 Å². The molecule has 0 radical (unpaired) electrons. The first-order chi connectivity index (χ1) is 15.7. The lowest BCUT2D eigenvalue weighted by Crippen LogP contribution is -2.47. The number of piperazine rings is 1. The van der Waals surface area contributed by atoms with Gasteiger partial charge in [-0.2, -0.15) is 0 Å². The van der Waals surface area contributed by atoms with E-state index in [4.69, 9.17) is 4.74 Å². The van der Waals surface area contributed by atoms with Crippen LogP contribution in [-0.4, -0.2) is 46.0 Å². The Morgan fingerprint density at radius 3 is 2.53 bits per heavy atom. The van der Waals surface area contributed by atoms with E-state index in [0.29, 0.717) is 5.88 Å². The molecule has 1 aliphatic rings. The summed E-state index contributed by atoms with van der Waals surface area (Å²) in [6.45, 7) is 5.65. The standard InChI is InChI=1S/C25H24FN5O/c1-18(19-7-9-20(26)10-8-19)30-12-14-31(15-13-30)24-16-25(29-17-28-24)32-23-6-2-5-22-21(23)4-3-11-27-22/h2-11,16-18H,12-15H2,1H3/t18-/m1/s1. The van der Waals surface area contributed by atoms with Gasteiger partial charge in [-0.1, -0.05) is 18.2 Å². The quantitative estimate of drug-likeness (QED) is 0.453. The Labute approximate surface area is 186 Å². The van der Waals surface area contributed by atoms with Crippen molar-refractivity contribution in [3.63, 3.8) is 0 Å². The largest absolute Gasteiger partial charge is 0.438 e. The third-order valence-corrected chi connectivity index (χ3v) is 5.99. The zero-order valence-electron chi connectivity index (χ0n) is 17.9. The maximum atomic E-state index is 13.2. The molecule has 2 aromatic carbocycles. The molecule has 5 rings (SSSR count). The second-order valence-electron chi connectivity index (χ2n) is 7.89. The van der Waals surface area contributed by atoms with Crippen LogP contribution in [0.15, 0.2) is 73.2 Å². The van der Waals surface area contributed by atoms with Crippen LogP contribution in [0, 0.1) is 5.82 Å². The normalized spacial score (nSPS) is 15.6. The molecule has 1 aliphatic heterocycles. The number of rotatable bonds is 5. The molecule has 1 fully saturated rings. The van der Waals surface area contributed by atoms with Crippen LogP contribution in [0.3, 0.4) is 0 Å². The Bertz CT molecular complexity index is 1200. The number of pyridine rings is 1. The number of benzene rings is 2. The Balaban J connectivity index is 1.27. The molecule has 0 amide bonds. The van der Waals surface area contributed by atoms with Gasteiger partial charge < -0.3 is 9.64 Å². The summed E-state index contributed by atoms with van der Waals surface area (Å²) < 4.78 is 19.3. The summed E-state index contributed by atoms with van der Waals surface area (Å²) in [6.07, 6.45) is 3.31. The first kappa shape index (κ1) is 20.3. The van der Waals surface area contributed by atoms with Gasteiger partial charge in [0.2, 0.25) is 5.88 Å². The van der Waals surface area contributed by atoms with E-state index in [-0.39, 0.29) is 11.9 Å². The lowest BCUT2D eigenvalue weighted by Gasteiger charge is -2.38. The van der Waals surface area contributed by atoms with E-state index in [9.17, 15) is 4.39 Å². The number of anilines is 1. The maximum Gasteiger partial charge on any atom is 0.224 e. The first-order valence-corrected chi connectivity index (χ1v) is 10.8. The van der Waals surface area contributed by atoms with Crippen molar-refractivity contribution in [3.05, 3.63) is 84.6 Å². The Morgan fingerprint density at radius 2 is 1.72 bits per heavy atom. The van der Waals surface area contributed by atoms with Gasteiger partial charge in [0.15, 0.2) is 0 Å². The van der Waals surface area contributed by atoms with Crippen molar-refractivity contribution in [1.29, 1.82) is 0 Å². The van der Waals surface area contributed by atoms with Crippen LogP contribution >= 0.6 is 0 Å². The molecule has 0 saturated carbocycles. The highest BCUT2D eigenvalue weighted by Crippen LogP contribution is 2.29. The lowest BCUT2D eigenvalue weighted by atomic mass is 10.1. The predicted octanol–water partition coefficient (Wildman–Crippen LogP) is 4.84. The minimum absolute atomic E-state index is 0.202. The molecule has 6 nitrogen and oxygen atoms in total. The molecule has 2 aromatic heterocycles. The second-order valence-corrected chi connectivity index (χ2v) is 7.89. The van der Waals surface area contributed by atoms with Crippen LogP contribution in [-0.2, 0) is 0 Å². The van der Waals surface area contributed by atoms with E-state index < -0.39 is 0 Å². The van der Waals surface area contributed by atoms with E-state index in [1.807, 2.05) is 48.5 Å². The summed E-state index contributed by atoms with van der Waals surface area (Å²) in [5.41, 5.74) is 2.01. The monoisotopic (exact) mass is 429 g/mol. The predicted molar refractivity (Wildman–Crippen MR) is 122 cm³/mol. The number of hydrogen-bond acceptors (Lipinski definition) is 6. The fourth-order valence-electron chi connectivity index (χ4n) is 4.13. The third kappa shape index (κ3) is 4.24. The average Bonchev–Trinajstić information content (AvgIpc) is 2.85. The molecular formula is C25H24FN5O. The molecule has 0 N–H and O–H groups in total. The topological polar surface area (TPSA) is 54.4 Å². The van der Waals surface area contributed by atoms with Crippen LogP contribution in [0.25, 0.3) is 10.9 Å². The van der Waals surface area contributed by atoms with Crippen LogP contribution in [0.1, 0.15) is 18.5 Å². The number of ether oxygens (including phenoxy) is 1. The van der Waals surface area contributed by atoms with Crippen molar-refractivity contribution in [2.24, 2.45) is 0 Å². The summed E-state index contributed by atoms with van der Waals surface area (Å²) in [4.78, 5) is 17.8. The Hall–Kier alpha value is -3.58. The van der Waals surface area contributed by atoms with Gasteiger partial charge in [0.25, 0.3) is 0 Å². The van der Waals surface area contributed by atoms with Crippen molar-refractivity contribution in [3.8, 4) is 11.6 Å². The Kier molecular flexibility index (Phi) is 5.64. The summed E-state index contributed by atoms with van der Waals surface area (Å²) in [5.74, 6) is 1.88. The van der Waals surface area contributed by atoms with Gasteiger partial charge in [0.1, 0.15) is 23.7 Å². The van der Waals surface area contributed by atoms with E-state index in [0.717, 1.165) is 54.2 Å². The number of hydrogen-bond donors (Lipinski definition) is 0. The van der Waals surface area contributed by atoms with Crippen LogP contribution in [0.2, 0.25) is 0 Å². The second kappa shape index (κ2) is 8.88. The summed E-state index contributed by atoms with van der Waals surface area (Å²) in [7, 11) is 0. The summed E-state index contributed by atoms with van der Waals surface area (Å²) >= 11 is 0. The maximum absolute atomic E-state index is 13.2. The Morgan fingerprint density at radius 1 is 0.906 bits per heavy atom. The van der Waals surface area contributed by atoms with E-state index >= 15 is 0 Å². The zero-order valence-corrected chi connectivity index (χ0v) is 17.9. The highest BCUT2D eigenvalue weighted by atomic mass is 19.1. The van der Waals surface area contributed by atoms with Crippen LogP contribution < -0.4 is 9.64 Å². The molecule has 7 heteroatoms. The van der Waals surface area contributed by atoms with Gasteiger partial charge in [-0.3, -0.25) is 9.88 Å². The van der Waals surface area contributed by atoms with Crippen molar-refractivity contribution >= 4 is 16.7 Å². The highest BCUT2D eigenvalue weighted by Gasteiger charge is 2.23. The molecule has 162 valence electrons. The van der Waals surface area contributed by atoms with Gasteiger partial charge >= 0.3 is 0 Å². The molecule has 4 aromatic rings. The molecule has 0 bridgehead atoms. The number of aromatic nitrogens is 3. The van der Waals surface area contributed by atoms with Crippen molar-refractivity contribution in [2.45, 2.75) is 13.0 Å². The molecule has 3 heterocycles. The first-order valence-electron chi connectivity index (χ1n) is 10.8. The smallest absolute Gasteiger partial charge is 0.224 e. The minimum Gasteiger partial charge on any atom is -0.438 e. The van der Waals surface area contributed by atoms with Gasteiger partial charge in [0.05, 0.1) is 5.52 Å². The van der Waals surface area contributed by atoms with Crippen LogP contribution in [0.4, 0.5) is 10.2 Å². The van der Waals surface area contributed by atoms with Crippen LogP contribution in [0.5, 0.6) is 11.6 Å². The van der Waals surface area contributed by atoms with Crippen molar-refractivity contribution in [2.75, 3.05) is 31.1 Å². The highest BCUT2D eigenvalue weighted by molar-refractivity contribution is 5.85. The number of halogens is 1. The fraction of sp³-hybridized carbons (Fsp3) is 0.240. The number of nitrogens with zero attached hydrogens (tertiary/aromatic N) is 5. The average molecular weight is 429 g/mol. The molecule has 1 atom stereocenters. The summed E-state index contributed by atoms with van der Waals surface area (Å²) in [5, 5.41) is 0.943. The van der Waals surface area contributed by atoms with Crippen molar-refractivity contribution < 1.29 is 9.13 Å².